The number of anilines is 1. The molecule has 0 saturated carbocycles. The Kier molecular flexibility index (Phi) is 15.8. The van der Waals surface area contributed by atoms with Crippen molar-refractivity contribution in [2.24, 2.45) is 5.41 Å². The highest BCUT2D eigenvalue weighted by Crippen LogP contribution is 2.56. The molecule has 1 fully saturated rings. The lowest BCUT2D eigenvalue weighted by molar-refractivity contribution is -0.347. The fraction of sp³-hybridized carbons (Fsp3) is 0.652. The fourth-order valence-electron chi connectivity index (χ4n) is 4.33. The SMILES string of the molecule is CC(C)(COP(=O)([O-])OP(=O)([O-])OCC1OC(n2cnc3c(N)ncnc32)C(O)C1OP(=O)([O-])[O-])C(O)C(=O)NCCC(=O)NCCSC(=O)CP. The molecule has 6 N–H and O–H groups in total. The van der Waals surface area contributed by atoms with Gasteiger partial charge in [0.25, 0.3) is 15.6 Å². The third kappa shape index (κ3) is 13.1. The van der Waals surface area contributed by atoms with Gasteiger partial charge in [0.05, 0.1) is 27.4 Å². The molecule has 52 heavy (non-hydrogen) atoms. The number of phosphoric ester groups is 3. The van der Waals surface area contributed by atoms with Crippen LogP contribution in [-0.4, -0.2) is 109 Å². The lowest BCUT2D eigenvalue weighted by Gasteiger charge is -2.36. The molecule has 294 valence electrons. The monoisotopic (exact) mass is 837 g/mol. The number of imidazole rings is 1. The highest BCUT2D eigenvalue weighted by Gasteiger charge is 2.47. The number of thioether (sulfide) groups is 1. The number of amides is 2. The number of nitrogens with zero attached hydrogens (tertiary/aromatic N) is 4. The van der Waals surface area contributed by atoms with Crippen LogP contribution in [0.3, 0.4) is 0 Å². The normalized spacial score (nSPS) is 22.4. The summed E-state index contributed by atoms with van der Waals surface area (Å²) in [6, 6.07) is 0. The summed E-state index contributed by atoms with van der Waals surface area (Å²) < 4.78 is 60.3. The van der Waals surface area contributed by atoms with Gasteiger partial charge in [0.2, 0.25) is 11.8 Å². The van der Waals surface area contributed by atoms with Crippen LogP contribution in [0.1, 0.15) is 26.5 Å². The molecule has 1 aliphatic heterocycles. The van der Waals surface area contributed by atoms with Crippen LogP contribution in [0.25, 0.3) is 11.2 Å². The molecule has 0 bridgehead atoms. The number of phosphoric acid groups is 3. The van der Waals surface area contributed by atoms with Crippen molar-refractivity contribution in [3.8, 4) is 0 Å². The topological polar surface area (TPSA) is 375 Å². The Morgan fingerprint density at radius 3 is 2.44 bits per heavy atom. The van der Waals surface area contributed by atoms with Gasteiger partial charge in [-0.2, -0.15) is 0 Å². The molecule has 1 saturated heterocycles. The van der Waals surface area contributed by atoms with Crippen LogP contribution in [0.15, 0.2) is 12.7 Å². The predicted molar refractivity (Wildman–Crippen MR) is 173 cm³/mol. The first kappa shape index (κ1) is 44.4. The molecule has 0 spiro atoms. The van der Waals surface area contributed by atoms with Crippen molar-refractivity contribution < 1.29 is 80.5 Å². The van der Waals surface area contributed by atoms with Gasteiger partial charge < -0.3 is 69.0 Å². The van der Waals surface area contributed by atoms with Crippen LogP contribution in [0, 0.1) is 5.41 Å². The summed E-state index contributed by atoms with van der Waals surface area (Å²) in [6.07, 6.45) is -7.29. The molecule has 2 aromatic rings. The van der Waals surface area contributed by atoms with E-state index in [1.54, 1.807) is 0 Å². The molecule has 8 unspecified atom stereocenters. The molecule has 3 heterocycles. The lowest BCUT2D eigenvalue weighted by Crippen LogP contribution is -2.46. The van der Waals surface area contributed by atoms with Crippen molar-refractivity contribution in [2.75, 3.05) is 44.0 Å². The highest BCUT2D eigenvalue weighted by molar-refractivity contribution is 8.14. The van der Waals surface area contributed by atoms with Gasteiger partial charge in [0.15, 0.2) is 22.8 Å². The van der Waals surface area contributed by atoms with Gasteiger partial charge in [-0.15, -0.1) is 9.24 Å². The first-order valence-corrected chi connectivity index (χ1v) is 20.9. The second-order valence-electron chi connectivity index (χ2n) is 11.4. The Morgan fingerprint density at radius 2 is 1.79 bits per heavy atom. The molecule has 0 radical (unpaired) electrons. The third-order valence-electron chi connectivity index (χ3n) is 6.91. The maximum Gasteiger partial charge on any atom is 0.274 e. The Bertz CT molecular complexity index is 1730. The average molecular weight is 838 g/mol. The van der Waals surface area contributed by atoms with E-state index in [0.717, 1.165) is 29.0 Å². The molecule has 0 aromatic carbocycles. The van der Waals surface area contributed by atoms with Crippen LogP contribution in [-0.2, 0) is 50.7 Å². The summed E-state index contributed by atoms with van der Waals surface area (Å²) in [4.78, 5) is 94.8. The van der Waals surface area contributed by atoms with E-state index in [9.17, 15) is 57.9 Å². The van der Waals surface area contributed by atoms with Gasteiger partial charge in [-0.3, -0.25) is 28.1 Å². The molecule has 0 aliphatic carbocycles. The van der Waals surface area contributed by atoms with E-state index in [1.165, 1.54) is 13.8 Å². The number of hydrogen-bond acceptors (Lipinski definition) is 22. The maximum absolute atomic E-state index is 12.5. The molecule has 3 rings (SSSR count). The zero-order valence-electron chi connectivity index (χ0n) is 27.2. The number of aliphatic hydroxyl groups is 2. The predicted octanol–water partition coefficient (Wildman–Crippen LogP) is -3.99. The molecule has 29 heteroatoms. The van der Waals surface area contributed by atoms with Crippen LogP contribution in [0.2, 0.25) is 0 Å². The summed E-state index contributed by atoms with van der Waals surface area (Å²) in [5.74, 6) is -1.20. The molecule has 8 atom stereocenters. The van der Waals surface area contributed by atoms with Gasteiger partial charge >= 0.3 is 0 Å². The number of hydrogen-bond donors (Lipinski definition) is 5. The van der Waals surface area contributed by atoms with Gasteiger partial charge in [-0.05, 0) is 0 Å². The number of nitrogens with two attached hydrogens (primary N) is 1. The zero-order chi connectivity index (χ0) is 39.1. The van der Waals surface area contributed by atoms with E-state index in [2.05, 4.69) is 52.7 Å². The summed E-state index contributed by atoms with van der Waals surface area (Å²) in [5, 5.41) is 26.0. The lowest BCUT2D eigenvalue weighted by atomic mass is 9.87. The minimum atomic E-state index is -5.90. The first-order valence-electron chi connectivity index (χ1n) is 14.7. The van der Waals surface area contributed by atoms with Crippen molar-refractivity contribution in [1.29, 1.82) is 0 Å². The summed E-state index contributed by atoms with van der Waals surface area (Å²) in [7, 11) is -15.3. The summed E-state index contributed by atoms with van der Waals surface area (Å²) in [5.41, 5.74) is 4.07. The number of nitrogen functional groups attached to an aromatic ring is 1. The molecular formula is C23H35N7O17P4S-4. The largest absolute Gasteiger partial charge is 0.790 e. The third-order valence-corrected chi connectivity index (χ3v) is 11.5. The van der Waals surface area contributed by atoms with E-state index in [0.29, 0.717) is 5.75 Å². The van der Waals surface area contributed by atoms with Crippen molar-refractivity contribution in [1.82, 2.24) is 30.2 Å². The van der Waals surface area contributed by atoms with Gasteiger partial charge in [-0.1, -0.05) is 25.6 Å². The number of nitrogens with one attached hydrogen (secondary N) is 2. The van der Waals surface area contributed by atoms with Crippen LogP contribution >= 0.6 is 44.5 Å². The van der Waals surface area contributed by atoms with Crippen LogP contribution in [0.4, 0.5) is 5.82 Å². The molecule has 1 aliphatic rings. The number of fused-ring (bicyclic) bond motifs is 1. The van der Waals surface area contributed by atoms with Gasteiger partial charge in [0, 0.05) is 36.8 Å². The number of carbonyl (C=O) groups is 3. The number of carbonyl (C=O) groups excluding carboxylic acids is 3. The van der Waals surface area contributed by atoms with Crippen molar-refractivity contribution in [3.63, 3.8) is 0 Å². The average Bonchev–Trinajstić information content (AvgIpc) is 3.60. The van der Waals surface area contributed by atoms with E-state index in [4.69, 9.17) is 10.5 Å². The van der Waals surface area contributed by atoms with Crippen molar-refractivity contribution >= 4 is 78.4 Å². The Balaban J connectivity index is 1.54. The van der Waals surface area contributed by atoms with Crippen LogP contribution in [0.5, 0.6) is 0 Å². The number of aromatic nitrogens is 4. The van der Waals surface area contributed by atoms with Gasteiger partial charge in [0.1, 0.15) is 36.3 Å². The number of aliphatic hydroxyl groups excluding tert-OH is 2. The van der Waals surface area contributed by atoms with E-state index in [-0.39, 0.29) is 47.8 Å². The maximum atomic E-state index is 12.5. The second-order valence-corrected chi connectivity index (χ2v) is 17.0. The Labute approximate surface area is 301 Å². The summed E-state index contributed by atoms with van der Waals surface area (Å²) in [6.45, 7) is 0.113. The molecule has 2 amide bonds. The summed E-state index contributed by atoms with van der Waals surface area (Å²) >= 11 is 1.04. The zero-order valence-corrected chi connectivity index (χ0v) is 31.9. The second kappa shape index (κ2) is 18.5. The van der Waals surface area contributed by atoms with Gasteiger partial charge in [-0.25, -0.2) is 19.3 Å². The van der Waals surface area contributed by atoms with Crippen molar-refractivity contribution in [3.05, 3.63) is 12.7 Å². The molecule has 24 nitrogen and oxygen atoms in total. The van der Waals surface area contributed by atoms with Crippen molar-refractivity contribution in [2.45, 2.75) is 50.9 Å². The molecular weight excluding hydrogens is 802 g/mol. The number of rotatable bonds is 20. The standard InChI is InChI=1S/C23H39N7O17P4S/c1-23(2,18(34)21(35)26-4-3-13(31)25-5-6-52-14(32)8-48)9-44-51(41,42)47-50(39,40)43-7-12-17(46-49(36,37)38)16(33)22(45-12)30-11-29-15-19(24)27-10-28-20(15)30/h10-12,16-18,22,33-34H,3-9,48H2,1-2H3,(H,25,31)(H,26,35)(H,39,40)(H,41,42)(H2,24,27,28)(H2,36,37,38)/p-4. The smallest absolute Gasteiger partial charge is 0.274 e. The quantitative estimate of drug-likeness (QED) is 0.0627. The Morgan fingerprint density at radius 1 is 1.12 bits per heavy atom. The minimum absolute atomic E-state index is 0.0211. The first-order chi connectivity index (χ1) is 24.1. The Hall–Kier alpha value is -2.01. The molecule has 2 aromatic heterocycles. The van der Waals surface area contributed by atoms with E-state index < -0.39 is 84.6 Å². The highest BCUT2D eigenvalue weighted by atomic mass is 32.2. The fourth-order valence-corrected chi connectivity index (χ4v) is 7.97. The van der Waals surface area contributed by atoms with Crippen LogP contribution < -0.4 is 35.9 Å². The minimum Gasteiger partial charge on any atom is -0.790 e. The number of ether oxygens (including phenoxy) is 1. The van der Waals surface area contributed by atoms with E-state index >= 15 is 0 Å². The van der Waals surface area contributed by atoms with E-state index in [1.807, 2.05) is 0 Å².